The third-order valence-corrected chi connectivity index (χ3v) is 5.97. The number of nitrogens with one attached hydrogen (secondary N) is 1. The van der Waals surface area contributed by atoms with Gasteiger partial charge in [-0.15, -0.1) is 0 Å². The molecular weight excluding hydrogens is 400 g/mol. The van der Waals surface area contributed by atoms with Crippen molar-refractivity contribution in [3.63, 3.8) is 0 Å². The zero-order chi connectivity index (χ0) is 22.5. The van der Waals surface area contributed by atoms with E-state index >= 15 is 0 Å². The number of carbonyl (C=O) groups is 1. The van der Waals surface area contributed by atoms with Gasteiger partial charge in [0.2, 0.25) is 0 Å². The Morgan fingerprint density at radius 1 is 1.12 bits per heavy atom. The van der Waals surface area contributed by atoms with Gasteiger partial charge in [0.1, 0.15) is 5.82 Å². The second-order valence-corrected chi connectivity index (χ2v) is 8.41. The summed E-state index contributed by atoms with van der Waals surface area (Å²) in [6.45, 7) is 2.05. The normalized spacial score (nSPS) is 14.2. The molecule has 1 saturated heterocycles. The van der Waals surface area contributed by atoms with E-state index in [4.69, 9.17) is 10.5 Å². The molecule has 1 aromatic heterocycles. The van der Waals surface area contributed by atoms with Gasteiger partial charge in [-0.1, -0.05) is 24.3 Å². The Morgan fingerprint density at radius 3 is 2.59 bits per heavy atom. The van der Waals surface area contributed by atoms with Crippen LogP contribution in [0.15, 0.2) is 60.8 Å². The lowest BCUT2D eigenvalue weighted by Gasteiger charge is -2.22. The summed E-state index contributed by atoms with van der Waals surface area (Å²) >= 11 is 0. The molecule has 0 saturated carbocycles. The molecule has 6 nitrogen and oxygen atoms in total. The standard InChI is InChI=1S/C26H30N4O2/c1-30(2)23-5-3-4-18(14-23)16-29-26(31)21-8-6-20(7-9-21)24-15-22(17-28-25(24)27)19-10-12-32-13-11-19/h3-9,14-15,17,19H,10-13,16H2,1-2H3,(H2,27,28)(H,29,31). The van der Waals surface area contributed by atoms with Crippen LogP contribution in [0.1, 0.15) is 40.2 Å². The Labute approximate surface area is 189 Å². The first-order valence-electron chi connectivity index (χ1n) is 11.0. The molecule has 166 valence electrons. The Balaban J connectivity index is 1.45. The highest BCUT2D eigenvalue weighted by molar-refractivity contribution is 5.94. The minimum atomic E-state index is -0.103. The number of pyridine rings is 1. The highest BCUT2D eigenvalue weighted by atomic mass is 16.5. The minimum absolute atomic E-state index is 0.103. The van der Waals surface area contributed by atoms with Crippen LogP contribution >= 0.6 is 0 Å². The van der Waals surface area contributed by atoms with Gasteiger partial charge < -0.3 is 20.7 Å². The van der Waals surface area contributed by atoms with Crippen LogP contribution in [-0.2, 0) is 11.3 Å². The van der Waals surface area contributed by atoms with Gasteiger partial charge in [-0.3, -0.25) is 4.79 Å². The molecule has 4 rings (SSSR count). The van der Waals surface area contributed by atoms with Crippen molar-refractivity contribution in [3.05, 3.63) is 77.5 Å². The van der Waals surface area contributed by atoms with Crippen molar-refractivity contribution < 1.29 is 9.53 Å². The monoisotopic (exact) mass is 430 g/mol. The van der Waals surface area contributed by atoms with E-state index in [1.54, 1.807) is 0 Å². The molecule has 3 aromatic rings. The maximum atomic E-state index is 12.6. The van der Waals surface area contributed by atoms with Gasteiger partial charge in [-0.25, -0.2) is 4.98 Å². The van der Waals surface area contributed by atoms with Crippen LogP contribution in [0.4, 0.5) is 11.5 Å². The SMILES string of the molecule is CN(C)c1cccc(CNC(=O)c2ccc(-c3cc(C4CCOCC4)cnc3N)cc2)c1. The van der Waals surface area contributed by atoms with Gasteiger partial charge in [-0.2, -0.15) is 0 Å². The van der Waals surface area contributed by atoms with Crippen molar-refractivity contribution in [2.45, 2.75) is 25.3 Å². The van der Waals surface area contributed by atoms with E-state index in [9.17, 15) is 4.79 Å². The maximum absolute atomic E-state index is 12.6. The van der Waals surface area contributed by atoms with Crippen molar-refractivity contribution in [1.29, 1.82) is 0 Å². The molecule has 2 aromatic carbocycles. The van der Waals surface area contributed by atoms with Crippen LogP contribution in [0.25, 0.3) is 11.1 Å². The highest BCUT2D eigenvalue weighted by Gasteiger charge is 2.18. The summed E-state index contributed by atoms with van der Waals surface area (Å²) in [5.74, 6) is 0.847. The zero-order valence-corrected chi connectivity index (χ0v) is 18.7. The number of nitrogen functional groups attached to an aromatic ring is 1. The molecule has 0 spiro atoms. The number of rotatable bonds is 6. The first kappa shape index (κ1) is 21.8. The van der Waals surface area contributed by atoms with E-state index in [2.05, 4.69) is 22.4 Å². The number of hydrogen-bond donors (Lipinski definition) is 2. The molecule has 0 bridgehead atoms. The molecule has 2 heterocycles. The molecule has 6 heteroatoms. The van der Waals surface area contributed by atoms with Crippen LogP contribution in [0.3, 0.4) is 0 Å². The Hall–Kier alpha value is -3.38. The van der Waals surface area contributed by atoms with E-state index < -0.39 is 0 Å². The average Bonchev–Trinajstić information content (AvgIpc) is 2.83. The molecule has 1 fully saturated rings. The molecule has 1 aliphatic rings. The fourth-order valence-corrected chi connectivity index (χ4v) is 4.01. The number of hydrogen-bond acceptors (Lipinski definition) is 5. The number of ether oxygens (including phenoxy) is 1. The summed E-state index contributed by atoms with van der Waals surface area (Å²) in [5, 5.41) is 3.00. The number of carbonyl (C=O) groups excluding carboxylic acids is 1. The Morgan fingerprint density at radius 2 is 1.88 bits per heavy atom. The van der Waals surface area contributed by atoms with Gasteiger partial charge in [0.05, 0.1) is 0 Å². The van der Waals surface area contributed by atoms with Crippen molar-refractivity contribution in [2.75, 3.05) is 37.9 Å². The highest BCUT2D eigenvalue weighted by Crippen LogP contribution is 2.32. The molecule has 0 radical (unpaired) electrons. The number of amides is 1. The van der Waals surface area contributed by atoms with E-state index in [0.29, 0.717) is 23.8 Å². The lowest BCUT2D eigenvalue weighted by molar-refractivity contribution is 0.0853. The number of aromatic nitrogens is 1. The zero-order valence-electron chi connectivity index (χ0n) is 18.7. The van der Waals surface area contributed by atoms with Crippen LogP contribution in [0.5, 0.6) is 0 Å². The molecule has 1 aliphatic heterocycles. The average molecular weight is 431 g/mol. The predicted molar refractivity (Wildman–Crippen MR) is 129 cm³/mol. The van der Waals surface area contributed by atoms with Crippen LogP contribution in [-0.4, -0.2) is 38.2 Å². The van der Waals surface area contributed by atoms with E-state index in [0.717, 1.165) is 48.4 Å². The van der Waals surface area contributed by atoms with Crippen molar-refractivity contribution in [1.82, 2.24) is 10.3 Å². The quantitative estimate of drug-likeness (QED) is 0.612. The van der Waals surface area contributed by atoms with E-state index in [-0.39, 0.29) is 5.91 Å². The minimum Gasteiger partial charge on any atom is -0.383 e. The molecule has 0 unspecified atom stereocenters. The van der Waals surface area contributed by atoms with E-state index in [1.165, 1.54) is 5.56 Å². The van der Waals surface area contributed by atoms with Crippen LogP contribution < -0.4 is 16.0 Å². The number of benzene rings is 2. The van der Waals surface area contributed by atoms with Gasteiger partial charge in [0.25, 0.3) is 5.91 Å². The number of anilines is 2. The van der Waals surface area contributed by atoms with E-state index in [1.807, 2.05) is 67.7 Å². The second-order valence-electron chi connectivity index (χ2n) is 8.41. The Kier molecular flexibility index (Phi) is 6.71. The summed E-state index contributed by atoms with van der Waals surface area (Å²) in [4.78, 5) is 19.1. The van der Waals surface area contributed by atoms with Gasteiger partial charge in [0.15, 0.2) is 0 Å². The smallest absolute Gasteiger partial charge is 0.251 e. The summed E-state index contributed by atoms with van der Waals surface area (Å²) in [5.41, 5.74) is 12.0. The largest absolute Gasteiger partial charge is 0.383 e. The van der Waals surface area contributed by atoms with Crippen molar-refractivity contribution in [2.24, 2.45) is 0 Å². The first-order valence-corrected chi connectivity index (χ1v) is 11.0. The number of nitrogens with zero attached hydrogens (tertiary/aromatic N) is 2. The third-order valence-electron chi connectivity index (χ3n) is 5.97. The summed E-state index contributed by atoms with van der Waals surface area (Å²) in [6, 6.07) is 17.8. The molecule has 3 N–H and O–H groups in total. The third kappa shape index (κ3) is 5.08. The lowest BCUT2D eigenvalue weighted by atomic mass is 9.91. The predicted octanol–water partition coefficient (Wildman–Crippen LogP) is 4.22. The van der Waals surface area contributed by atoms with Gasteiger partial charge in [0, 0.05) is 56.9 Å². The number of nitrogens with two attached hydrogens (primary N) is 1. The summed E-state index contributed by atoms with van der Waals surface area (Å²) < 4.78 is 5.47. The molecule has 0 aliphatic carbocycles. The van der Waals surface area contributed by atoms with Gasteiger partial charge in [-0.05, 0) is 65.8 Å². The topological polar surface area (TPSA) is 80.5 Å². The fraction of sp³-hybridized carbons (Fsp3) is 0.308. The van der Waals surface area contributed by atoms with Crippen LogP contribution in [0.2, 0.25) is 0 Å². The molecule has 0 atom stereocenters. The lowest BCUT2D eigenvalue weighted by Crippen LogP contribution is -2.22. The van der Waals surface area contributed by atoms with Crippen molar-refractivity contribution >= 4 is 17.4 Å². The van der Waals surface area contributed by atoms with Crippen molar-refractivity contribution in [3.8, 4) is 11.1 Å². The summed E-state index contributed by atoms with van der Waals surface area (Å²) in [6.07, 6.45) is 3.88. The second kappa shape index (κ2) is 9.83. The fourth-order valence-electron chi connectivity index (χ4n) is 4.01. The van der Waals surface area contributed by atoms with Crippen LogP contribution in [0, 0.1) is 0 Å². The molecule has 1 amide bonds. The Bertz CT molecular complexity index is 1070. The van der Waals surface area contributed by atoms with Gasteiger partial charge >= 0.3 is 0 Å². The molecule has 32 heavy (non-hydrogen) atoms. The first-order chi connectivity index (χ1) is 15.5. The summed E-state index contributed by atoms with van der Waals surface area (Å²) in [7, 11) is 4.00. The maximum Gasteiger partial charge on any atom is 0.251 e. The molecular formula is C26H30N4O2.